The molecule has 0 bridgehead atoms. The van der Waals surface area contributed by atoms with Crippen molar-refractivity contribution >= 4 is 17.9 Å². The number of hydrogen-bond acceptors (Lipinski definition) is 4. The van der Waals surface area contributed by atoms with E-state index in [0.717, 1.165) is 0 Å². The van der Waals surface area contributed by atoms with E-state index in [1.165, 1.54) is 10.6 Å². The average Bonchev–Trinajstić information content (AvgIpc) is 2.71. The van der Waals surface area contributed by atoms with Crippen molar-refractivity contribution in [1.82, 2.24) is 9.88 Å². The molecule has 0 radical (unpaired) electrons. The van der Waals surface area contributed by atoms with Crippen molar-refractivity contribution in [1.29, 1.82) is 0 Å². The zero-order valence-electron chi connectivity index (χ0n) is 7.77. The normalized spacial score (nSPS) is 20.5. The van der Waals surface area contributed by atoms with Gasteiger partial charge in [-0.3, -0.25) is 19.5 Å². The molecule has 1 aliphatic heterocycles. The zero-order valence-corrected chi connectivity index (χ0v) is 8.53. The Labute approximate surface area is 90.6 Å². The molecular weight excluding hydrogens is 220 g/mol. The maximum absolute atomic E-state index is 11.8. The lowest BCUT2D eigenvalue weighted by molar-refractivity contribution is 0.112. The second-order valence-corrected chi connectivity index (χ2v) is 3.55. The Morgan fingerprint density at radius 3 is 3.07 bits per heavy atom. The first-order chi connectivity index (χ1) is 7.24. The summed E-state index contributed by atoms with van der Waals surface area (Å²) < 4.78 is 6.48. The van der Waals surface area contributed by atoms with Crippen LogP contribution in [-0.2, 0) is 4.74 Å². The number of carbonyl (C=O) groups is 1. The zero-order chi connectivity index (χ0) is 10.8. The number of aromatic nitrogens is 1. The van der Waals surface area contributed by atoms with Gasteiger partial charge in [-0.25, -0.2) is 0 Å². The van der Waals surface area contributed by atoms with Gasteiger partial charge in [-0.05, 0) is 6.07 Å². The largest absolute Gasteiger partial charge is 0.363 e. The predicted octanol–water partition coefficient (Wildman–Crippen LogP) is 0.390. The first-order valence-corrected chi connectivity index (χ1v) is 4.79. The number of ether oxygens (including phenoxy) is 1. The highest BCUT2D eigenvalue weighted by Gasteiger charge is 2.19. The monoisotopic (exact) mass is 228 g/mol. The van der Waals surface area contributed by atoms with Crippen molar-refractivity contribution in [3.63, 3.8) is 0 Å². The molecule has 6 heteroatoms. The van der Waals surface area contributed by atoms with Gasteiger partial charge in [-0.2, -0.15) is 0 Å². The van der Waals surface area contributed by atoms with Gasteiger partial charge in [-0.1, -0.05) is 11.6 Å². The first kappa shape index (κ1) is 10.4. The fourth-order valence-electron chi connectivity index (χ4n) is 1.46. The smallest absolute Gasteiger partial charge is 0.264 e. The molecule has 0 amide bonds. The highest BCUT2D eigenvalue weighted by Crippen LogP contribution is 2.12. The van der Waals surface area contributed by atoms with E-state index < -0.39 is 5.56 Å². The van der Waals surface area contributed by atoms with Gasteiger partial charge in [0.2, 0.25) is 0 Å². The number of halogens is 1. The molecule has 1 aliphatic rings. The minimum atomic E-state index is -0.402. The number of nitrogens with zero attached hydrogens (tertiary/aromatic N) is 1. The van der Waals surface area contributed by atoms with Crippen LogP contribution < -0.4 is 10.9 Å². The lowest BCUT2D eigenvalue weighted by Crippen LogP contribution is -2.33. The summed E-state index contributed by atoms with van der Waals surface area (Å²) in [5, 5.41) is 3.14. The van der Waals surface area contributed by atoms with E-state index in [1.54, 1.807) is 6.20 Å². The van der Waals surface area contributed by atoms with Gasteiger partial charge in [0.1, 0.15) is 6.17 Å². The molecule has 80 valence electrons. The van der Waals surface area contributed by atoms with E-state index in [0.29, 0.717) is 19.6 Å². The molecule has 0 saturated carbocycles. The Balaban J connectivity index is 2.48. The molecule has 1 saturated heterocycles. The lowest BCUT2D eigenvalue weighted by Gasteiger charge is -2.12. The maximum atomic E-state index is 11.8. The van der Waals surface area contributed by atoms with Crippen LogP contribution in [0.3, 0.4) is 0 Å². The van der Waals surface area contributed by atoms with E-state index in [9.17, 15) is 9.59 Å². The van der Waals surface area contributed by atoms with Gasteiger partial charge < -0.3 is 4.74 Å². The van der Waals surface area contributed by atoms with Gasteiger partial charge in [0.25, 0.3) is 5.56 Å². The van der Waals surface area contributed by atoms with Crippen molar-refractivity contribution in [3.8, 4) is 0 Å². The molecular formula is C9H9ClN2O3. The van der Waals surface area contributed by atoms with Crippen molar-refractivity contribution in [2.24, 2.45) is 0 Å². The molecule has 15 heavy (non-hydrogen) atoms. The third-order valence-corrected chi connectivity index (χ3v) is 2.58. The lowest BCUT2D eigenvalue weighted by atomic mass is 10.3. The van der Waals surface area contributed by atoms with E-state index in [4.69, 9.17) is 16.3 Å². The first-order valence-electron chi connectivity index (χ1n) is 4.41. The van der Waals surface area contributed by atoms with Crippen LogP contribution in [0.2, 0.25) is 5.02 Å². The van der Waals surface area contributed by atoms with Crippen molar-refractivity contribution in [2.75, 3.05) is 13.3 Å². The second kappa shape index (κ2) is 4.14. The summed E-state index contributed by atoms with van der Waals surface area (Å²) in [6, 6.07) is 1.52. The highest BCUT2D eigenvalue weighted by atomic mass is 35.5. The Morgan fingerprint density at radius 1 is 1.67 bits per heavy atom. The quantitative estimate of drug-likeness (QED) is 0.744. The topological polar surface area (TPSA) is 60.3 Å². The molecule has 0 aromatic carbocycles. The number of aldehydes is 1. The number of hydrogen-bond donors (Lipinski definition) is 1. The Morgan fingerprint density at radius 2 is 2.47 bits per heavy atom. The summed E-state index contributed by atoms with van der Waals surface area (Å²) >= 11 is 5.71. The van der Waals surface area contributed by atoms with E-state index in [-0.39, 0.29) is 16.8 Å². The Kier molecular flexibility index (Phi) is 2.86. The molecule has 2 heterocycles. The van der Waals surface area contributed by atoms with Gasteiger partial charge >= 0.3 is 0 Å². The van der Waals surface area contributed by atoms with Gasteiger partial charge in [0.15, 0.2) is 6.29 Å². The highest BCUT2D eigenvalue weighted by molar-refractivity contribution is 6.32. The molecule has 0 aliphatic carbocycles. The number of pyridine rings is 1. The van der Waals surface area contributed by atoms with Crippen molar-refractivity contribution in [3.05, 3.63) is 33.2 Å². The van der Waals surface area contributed by atoms with Crippen molar-refractivity contribution in [2.45, 2.75) is 6.17 Å². The summed E-state index contributed by atoms with van der Waals surface area (Å²) in [7, 11) is 0. The van der Waals surface area contributed by atoms with E-state index in [2.05, 4.69) is 5.32 Å². The summed E-state index contributed by atoms with van der Waals surface area (Å²) in [5.41, 5.74) is -0.423. The van der Waals surface area contributed by atoms with Gasteiger partial charge in [0.05, 0.1) is 23.9 Å². The molecule has 1 N–H and O–H groups in total. The molecule has 1 aromatic heterocycles. The Hall–Kier alpha value is -1.17. The van der Waals surface area contributed by atoms with Crippen LogP contribution in [0, 0.1) is 0 Å². The second-order valence-electron chi connectivity index (χ2n) is 3.14. The van der Waals surface area contributed by atoms with Crippen LogP contribution in [-0.4, -0.2) is 24.2 Å². The molecule has 1 atom stereocenters. The standard InChI is InChI=1S/C9H9ClN2O3/c10-7-1-2-12(8-4-15-5-11-8)9(14)6(7)3-13/h1-3,8,11H,4-5H2. The summed E-state index contributed by atoms with van der Waals surface area (Å²) in [4.78, 5) is 22.4. The molecule has 1 unspecified atom stereocenters. The minimum Gasteiger partial charge on any atom is -0.363 e. The third kappa shape index (κ3) is 1.81. The third-order valence-electron chi connectivity index (χ3n) is 2.25. The van der Waals surface area contributed by atoms with Crippen LogP contribution in [0.15, 0.2) is 17.1 Å². The number of carbonyl (C=O) groups excluding carboxylic acids is 1. The summed E-state index contributed by atoms with van der Waals surface area (Å²) in [5.74, 6) is 0. The fraction of sp³-hybridized carbons (Fsp3) is 0.333. The van der Waals surface area contributed by atoms with Gasteiger partial charge in [-0.15, -0.1) is 0 Å². The molecule has 1 aromatic rings. The van der Waals surface area contributed by atoms with Crippen LogP contribution in [0.1, 0.15) is 16.5 Å². The molecule has 1 fully saturated rings. The molecule has 0 spiro atoms. The molecule has 5 nitrogen and oxygen atoms in total. The van der Waals surface area contributed by atoms with Crippen LogP contribution >= 0.6 is 11.6 Å². The number of nitrogens with one attached hydrogen (secondary N) is 1. The number of rotatable bonds is 2. The Bertz CT molecular complexity index is 437. The van der Waals surface area contributed by atoms with Crippen molar-refractivity contribution < 1.29 is 9.53 Å². The summed E-state index contributed by atoms with van der Waals surface area (Å²) in [6.07, 6.45) is 1.79. The molecule has 2 rings (SSSR count). The maximum Gasteiger partial charge on any atom is 0.264 e. The fourth-order valence-corrected chi connectivity index (χ4v) is 1.64. The van der Waals surface area contributed by atoms with Crippen LogP contribution in [0.25, 0.3) is 0 Å². The van der Waals surface area contributed by atoms with E-state index >= 15 is 0 Å². The predicted molar refractivity (Wildman–Crippen MR) is 54.1 cm³/mol. The van der Waals surface area contributed by atoms with E-state index in [1.807, 2.05) is 0 Å². The van der Waals surface area contributed by atoms with Crippen LogP contribution in [0.5, 0.6) is 0 Å². The SMILES string of the molecule is O=Cc1c(Cl)ccn(C2COCN2)c1=O. The summed E-state index contributed by atoms with van der Waals surface area (Å²) in [6.45, 7) is 0.802. The van der Waals surface area contributed by atoms with Gasteiger partial charge in [0, 0.05) is 6.20 Å². The average molecular weight is 229 g/mol. The minimum absolute atomic E-state index is 0.0205. The van der Waals surface area contributed by atoms with Crippen LogP contribution in [0.4, 0.5) is 0 Å².